The van der Waals surface area contributed by atoms with Crippen molar-refractivity contribution in [1.82, 2.24) is 4.90 Å². The number of ether oxygens (including phenoxy) is 1. The van der Waals surface area contributed by atoms with Crippen LogP contribution in [0, 0.1) is 5.92 Å². The van der Waals surface area contributed by atoms with Crippen molar-refractivity contribution in [3.8, 4) is 5.75 Å². The molecule has 0 aromatic heterocycles. The first kappa shape index (κ1) is 10.9. The van der Waals surface area contributed by atoms with Crippen molar-refractivity contribution in [1.29, 1.82) is 0 Å². The summed E-state index contributed by atoms with van der Waals surface area (Å²) in [6.45, 7) is 3.49. The predicted octanol–water partition coefficient (Wildman–Crippen LogP) is 2.16. The maximum absolute atomic E-state index is 5.44. The quantitative estimate of drug-likeness (QED) is 0.803. The van der Waals surface area contributed by atoms with E-state index in [1.54, 1.807) is 7.11 Å². The summed E-state index contributed by atoms with van der Waals surface area (Å²) in [6.07, 6.45) is 1.30. The largest absolute Gasteiger partial charge is 0.495 e. The lowest BCUT2D eigenvalue weighted by Crippen LogP contribution is -2.41. The van der Waals surface area contributed by atoms with Gasteiger partial charge in [0.1, 0.15) is 5.75 Å². The molecule has 0 aliphatic carbocycles. The second-order valence-corrected chi connectivity index (χ2v) is 5.22. The van der Waals surface area contributed by atoms with Crippen molar-refractivity contribution in [2.45, 2.75) is 12.3 Å². The van der Waals surface area contributed by atoms with Gasteiger partial charge in [0, 0.05) is 19.0 Å². The molecule has 3 rings (SSSR count). The Morgan fingerprint density at radius 2 is 2.29 bits per heavy atom. The Morgan fingerprint density at radius 1 is 1.41 bits per heavy atom. The fourth-order valence-corrected chi connectivity index (χ4v) is 3.21. The monoisotopic (exact) mass is 232 g/mol. The molecule has 0 spiro atoms. The molecule has 17 heavy (non-hydrogen) atoms. The van der Waals surface area contributed by atoms with Crippen molar-refractivity contribution in [2.24, 2.45) is 5.92 Å². The summed E-state index contributed by atoms with van der Waals surface area (Å²) < 4.78 is 5.44. The van der Waals surface area contributed by atoms with E-state index in [1.165, 1.54) is 30.8 Å². The highest BCUT2D eigenvalue weighted by molar-refractivity contribution is 5.65. The first-order chi connectivity index (χ1) is 8.29. The van der Waals surface area contributed by atoms with Crippen molar-refractivity contribution < 1.29 is 4.74 Å². The van der Waals surface area contributed by atoms with Gasteiger partial charge in [-0.25, -0.2) is 0 Å². The summed E-state index contributed by atoms with van der Waals surface area (Å²) >= 11 is 0. The van der Waals surface area contributed by atoms with Crippen molar-refractivity contribution >= 4 is 5.69 Å². The Morgan fingerprint density at radius 3 is 3.12 bits per heavy atom. The molecule has 1 aromatic rings. The highest BCUT2D eigenvalue weighted by Crippen LogP contribution is 2.43. The van der Waals surface area contributed by atoms with E-state index in [9.17, 15) is 0 Å². The van der Waals surface area contributed by atoms with Crippen LogP contribution in [0.5, 0.6) is 5.75 Å². The summed E-state index contributed by atoms with van der Waals surface area (Å²) in [7, 11) is 3.97. The van der Waals surface area contributed by atoms with Crippen LogP contribution >= 0.6 is 0 Å². The maximum atomic E-state index is 5.44. The van der Waals surface area contributed by atoms with Crippen LogP contribution in [0.15, 0.2) is 18.2 Å². The summed E-state index contributed by atoms with van der Waals surface area (Å²) in [5.74, 6) is 2.43. The van der Waals surface area contributed by atoms with Crippen LogP contribution in [-0.4, -0.2) is 38.7 Å². The predicted molar refractivity (Wildman–Crippen MR) is 69.8 cm³/mol. The lowest BCUT2D eigenvalue weighted by Gasteiger charge is -2.41. The van der Waals surface area contributed by atoms with E-state index < -0.39 is 0 Å². The molecule has 0 radical (unpaired) electrons. The molecule has 1 fully saturated rings. The number of rotatable bonds is 1. The van der Waals surface area contributed by atoms with E-state index in [-0.39, 0.29) is 0 Å². The average Bonchev–Trinajstić information content (AvgIpc) is 2.37. The van der Waals surface area contributed by atoms with Crippen LogP contribution in [0.1, 0.15) is 17.9 Å². The number of hydrogen-bond donors (Lipinski definition) is 1. The molecular weight excluding hydrogens is 212 g/mol. The van der Waals surface area contributed by atoms with Gasteiger partial charge >= 0.3 is 0 Å². The topological polar surface area (TPSA) is 24.5 Å². The van der Waals surface area contributed by atoms with Gasteiger partial charge in [-0.15, -0.1) is 0 Å². The van der Waals surface area contributed by atoms with Crippen LogP contribution in [0.2, 0.25) is 0 Å². The number of methoxy groups -OCH3 is 1. The molecular formula is C14H20N2O. The third-order valence-electron chi connectivity index (χ3n) is 4.18. The zero-order valence-electron chi connectivity index (χ0n) is 10.6. The lowest BCUT2D eigenvalue weighted by molar-refractivity contribution is 0.191. The second kappa shape index (κ2) is 4.22. The molecule has 1 saturated heterocycles. The van der Waals surface area contributed by atoms with Gasteiger partial charge in [-0.2, -0.15) is 0 Å². The molecule has 2 unspecified atom stereocenters. The van der Waals surface area contributed by atoms with E-state index >= 15 is 0 Å². The van der Waals surface area contributed by atoms with E-state index in [1.807, 2.05) is 6.07 Å². The van der Waals surface area contributed by atoms with Crippen LogP contribution in [-0.2, 0) is 0 Å². The summed E-state index contributed by atoms with van der Waals surface area (Å²) in [6, 6.07) is 6.40. The number of benzene rings is 1. The number of anilines is 1. The average molecular weight is 232 g/mol. The van der Waals surface area contributed by atoms with Gasteiger partial charge < -0.3 is 15.0 Å². The highest BCUT2D eigenvalue weighted by atomic mass is 16.5. The molecule has 2 aliphatic rings. The van der Waals surface area contributed by atoms with Crippen LogP contribution in [0.3, 0.4) is 0 Å². The normalized spacial score (nSPS) is 27.9. The van der Waals surface area contributed by atoms with Gasteiger partial charge in [0.25, 0.3) is 0 Å². The minimum absolute atomic E-state index is 0.667. The zero-order chi connectivity index (χ0) is 11.8. The number of nitrogens with zero attached hydrogens (tertiary/aromatic N) is 1. The molecule has 92 valence electrons. The zero-order valence-corrected chi connectivity index (χ0v) is 10.6. The fourth-order valence-electron chi connectivity index (χ4n) is 3.21. The van der Waals surface area contributed by atoms with Gasteiger partial charge in [-0.3, -0.25) is 0 Å². The summed E-state index contributed by atoms with van der Waals surface area (Å²) in [4.78, 5) is 2.44. The first-order valence-corrected chi connectivity index (χ1v) is 6.39. The number of fused-ring (bicyclic) bond motifs is 3. The maximum Gasteiger partial charge on any atom is 0.142 e. The molecule has 3 nitrogen and oxygen atoms in total. The first-order valence-electron chi connectivity index (χ1n) is 6.39. The minimum atomic E-state index is 0.667. The van der Waals surface area contributed by atoms with E-state index in [0.29, 0.717) is 5.92 Å². The Bertz CT molecular complexity index is 419. The van der Waals surface area contributed by atoms with Gasteiger partial charge in [0.15, 0.2) is 0 Å². The Hall–Kier alpha value is -1.22. The Kier molecular flexibility index (Phi) is 2.71. The van der Waals surface area contributed by atoms with E-state index in [0.717, 1.165) is 18.2 Å². The molecule has 0 amide bonds. The SMILES string of the molecule is COc1cccc2c1NCC1CCN(C)CC21. The Balaban J connectivity index is 1.99. The smallest absolute Gasteiger partial charge is 0.142 e. The molecule has 1 N–H and O–H groups in total. The number of para-hydroxylation sites is 1. The third-order valence-corrected chi connectivity index (χ3v) is 4.18. The molecule has 2 atom stereocenters. The second-order valence-electron chi connectivity index (χ2n) is 5.22. The summed E-state index contributed by atoms with van der Waals surface area (Å²) in [5.41, 5.74) is 2.65. The Labute approximate surface area is 103 Å². The van der Waals surface area contributed by atoms with Crippen molar-refractivity contribution in [3.63, 3.8) is 0 Å². The summed E-state index contributed by atoms with van der Waals surface area (Å²) in [5, 5.41) is 3.55. The molecule has 2 aliphatic heterocycles. The van der Waals surface area contributed by atoms with Crippen LogP contribution in [0.25, 0.3) is 0 Å². The van der Waals surface area contributed by atoms with Gasteiger partial charge in [0.05, 0.1) is 12.8 Å². The molecule has 0 saturated carbocycles. The van der Waals surface area contributed by atoms with Crippen molar-refractivity contribution in [3.05, 3.63) is 23.8 Å². The molecule has 1 aromatic carbocycles. The van der Waals surface area contributed by atoms with E-state index in [2.05, 4.69) is 29.4 Å². The number of nitrogens with one attached hydrogen (secondary N) is 1. The number of hydrogen-bond acceptors (Lipinski definition) is 3. The van der Waals surface area contributed by atoms with Gasteiger partial charge in [0.2, 0.25) is 0 Å². The number of piperidine rings is 1. The van der Waals surface area contributed by atoms with Crippen LogP contribution < -0.4 is 10.1 Å². The molecule has 2 heterocycles. The van der Waals surface area contributed by atoms with Gasteiger partial charge in [-0.1, -0.05) is 12.1 Å². The van der Waals surface area contributed by atoms with Gasteiger partial charge in [-0.05, 0) is 37.6 Å². The van der Waals surface area contributed by atoms with Crippen LogP contribution in [0.4, 0.5) is 5.69 Å². The van der Waals surface area contributed by atoms with E-state index in [4.69, 9.17) is 4.74 Å². The third kappa shape index (κ3) is 1.78. The van der Waals surface area contributed by atoms with Crippen molar-refractivity contribution in [2.75, 3.05) is 39.1 Å². The number of likely N-dealkylation sites (tertiary alicyclic amines) is 1. The lowest BCUT2D eigenvalue weighted by atomic mass is 9.77. The highest BCUT2D eigenvalue weighted by Gasteiger charge is 2.34. The molecule has 0 bridgehead atoms. The standard InChI is InChI=1S/C14H20N2O/c1-16-7-6-10-8-15-14-11(12(10)9-16)4-3-5-13(14)17-2/h3-5,10,12,15H,6-9H2,1-2H3. The molecule has 3 heteroatoms. The fraction of sp³-hybridized carbons (Fsp3) is 0.571. The minimum Gasteiger partial charge on any atom is -0.495 e. The number of likely N-dealkylation sites (N-methyl/N-ethyl adjacent to an activating group) is 1.